The van der Waals surface area contributed by atoms with Crippen molar-refractivity contribution in [1.29, 1.82) is 0 Å². The summed E-state index contributed by atoms with van der Waals surface area (Å²) < 4.78 is 0. The number of hydrogen-bond donors (Lipinski definition) is 3. The van der Waals surface area contributed by atoms with Crippen LogP contribution in [-0.4, -0.2) is 39.0 Å². The second kappa shape index (κ2) is 6.49. The van der Waals surface area contributed by atoms with E-state index in [9.17, 15) is 0 Å². The minimum absolute atomic E-state index is 0.660. The Balaban J connectivity index is 2.01. The summed E-state index contributed by atoms with van der Waals surface area (Å²) in [7, 11) is 0. The third kappa shape index (κ3) is 3.43. The summed E-state index contributed by atoms with van der Waals surface area (Å²) in [6, 6.07) is 0. The van der Waals surface area contributed by atoms with Gasteiger partial charge >= 0.3 is 0 Å². The maximum Gasteiger partial charge on any atom is 0.148 e. The summed E-state index contributed by atoms with van der Waals surface area (Å²) in [5.74, 6) is 11.5. The molecule has 7 heteroatoms. The Kier molecular flexibility index (Phi) is 4.96. The zero-order valence-corrected chi connectivity index (χ0v) is 12.3. The van der Waals surface area contributed by atoms with Gasteiger partial charge in [0.05, 0.1) is 0 Å². The predicted octanol–water partition coefficient (Wildman–Crippen LogP) is 1.64. The van der Waals surface area contributed by atoms with E-state index in [2.05, 4.69) is 20.7 Å². The Hall–Kier alpha value is -0.660. The van der Waals surface area contributed by atoms with Gasteiger partial charge in [-0.1, -0.05) is 0 Å². The molecule has 100 valence electrons. The van der Waals surface area contributed by atoms with Gasteiger partial charge in [0.1, 0.15) is 17.5 Å². The molecule has 0 saturated carbocycles. The lowest BCUT2D eigenvalue weighted by Gasteiger charge is -2.22. The van der Waals surface area contributed by atoms with E-state index in [1.807, 2.05) is 37.4 Å². The van der Waals surface area contributed by atoms with Crippen LogP contribution >= 0.6 is 23.5 Å². The molecule has 1 atom stereocenters. The lowest BCUT2D eigenvalue weighted by atomic mass is 10.3. The monoisotopic (exact) mass is 285 g/mol. The van der Waals surface area contributed by atoms with Crippen molar-refractivity contribution in [2.75, 3.05) is 34.5 Å². The molecule has 5 nitrogen and oxygen atoms in total. The standard InChI is InChI=1S/C11H19N5S2/c1-7-10(14-8(2)15-11(7)16-12)13-5-9-6-17-3-4-18-9/h9H,3-6,12H2,1-2H3,(H2,13,14,15,16). The molecule has 0 amide bonds. The van der Waals surface area contributed by atoms with Crippen LogP contribution in [0.2, 0.25) is 0 Å². The summed E-state index contributed by atoms with van der Waals surface area (Å²) in [6.07, 6.45) is 0. The summed E-state index contributed by atoms with van der Waals surface area (Å²) in [6.45, 7) is 4.79. The minimum atomic E-state index is 0.660. The average Bonchev–Trinajstić information content (AvgIpc) is 2.40. The quantitative estimate of drug-likeness (QED) is 0.573. The first-order valence-electron chi connectivity index (χ1n) is 5.95. The van der Waals surface area contributed by atoms with Gasteiger partial charge in [-0.25, -0.2) is 15.8 Å². The van der Waals surface area contributed by atoms with Crippen LogP contribution in [0.5, 0.6) is 0 Å². The van der Waals surface area contributed by atoms with Crippen LogP contribution in [0.25, 0.3) is 0 Å². The van der Waals surface area contributed by atoms with Crippen molar-refractivity contribution in [3.05, 3.63) is 11.4 Å². The van der Waals surface area contributed by atoms with Gasteiger partial charge in [-0.3, -0.25) is 0 Å². The molecule has 1 aliphatic heterocycles. The van der Waals surface area contributed by atoms with Crippen LogP contribution < -0.4 is 16.6 Å². The molecule has 1 fully saturated rings. The van der Waals surface area contributed by atoms with Gasteiger partial charge in [0.2, 0.25) is 0 Å². The Morgan fingerprint density at radius 3 is 2.72 bits per heavy atom. The molecule has 2 heterocycles. The van der Waals surface area contributed by atoms with E-state index in [-0.39, 0.29) is 0 Å². The number of nitrogens with one attached hydrogen (secondary N) is 2. The SMILES string of the molecule is Cc1nc(NN)c(C)c(NCC2CSCCS2)n1. The highest BCUT2D eigenvalue weighted by atomic mass is 32.2. The van der Waals surface area contributed by atoms with Crippen molar-refractivity contribution >= 4 is 35.2 Å². The molecule has 4 N–H and O–H groups in total. The molecule has 0 spiro atoms. The van der Waals surface area contributed by atoms with Crippen LogP contribution in [0.1, 0.15) is 11.4 Å². The zero-order valence-electron chi connectivity index (χ0n) is 10.7. The second-order valence-electron chi connectivity index (χ2n) is 4.19. The molecule has 1 aromatic rings. The number of hydrogen-bond acceptors (Lipinski definition) is 7. The Labute approximate surface area is 116 Å². The van der Waals surface area contributed by atoms with Crippen molar-refractivity contribution in [3.8, 4) is 0 Å². The molecule has 0 aromatic carbocycles. The molecule has 18 heavy (non-hydrogen) atoms. The lowest BCUT2D eigenvalue weighted by molar-refractivity contribution is 0.961. The first-order chi connectivity index (χ1) is 8.70. The van der Waals surface area contributed by atoms with E-state index in [4.69, 9.17) is 5.84 Å². The second-order valence-corrected chi connectivity index (χ2v) is 6.74. The lowest BCUT2D eigenvalue weighted by Crippen LogP contribution is -2.24. The van der Waals surface area contributed by atoms with Crippen LogP contribution in [0.4, 0.5) is 11.6 Å². The predicted molar refractivity (Wildman–Crippen MR) is 81.4 cm³/mol. The summed E-state index contributed by atoms with van der Waals surface area (Å²) in [5.41, 5.74) is 3.58. The third-order valence-electron chi connectivity index (χ3n) is 2.78. The smallest absolute Gasteiger partial charge is 0.148 e. The van der Waals surface area contributed by atoms with Gasteiger partial charge < -0.3 is 10.7 Å². The summed E-state index contributed by atoms with van der Waals surface area (Å²) in [5, 5.41) is 4.08. The number of aryl methyl sites for hydroxylation is 1. The maximum atomic E-state index is 5.45. The molecule has 1 saturated heterocycles. The fraction of sp³-hybridized carbons (Fsp3) is 0.636. The number of rotatable bonds is 4. The van der Waals surface area contributed by atoms with Crippen molar-refractivity contribution in [2.24, 2.45) is 5.84 Å². The van der Waals surface area contributed by atoms with E-state index >= 15 is 0 Å². The topological polar surface area (TPSA) is 75.9 Å². The Morgan fingerprint density at radius 1 is 1.28 bits per heavy atom. The zero-order chi connectivity index (χ0) is 13.0. The Bertz CT molecular complexity index is 407. The van der Waals surface area contributed by atoms with Gasteiger partial charge in [-0.05, 0) is 13.8 Å². The third-order valence-corrected chi connectivity index (χ3v) is 5.62. The fourth-order valence-corrected chi connectivity index (χ4v) is 4.42. The molecule has 1 unspecified atom stereocenters. The maximum absolute atomic E-state index is 5.45. The van der Waals surface area contributed by atoms with Gasteiger partial charge in [-0.15, -0.1) is 0 Å². The minimum Gasteiger partial charge on any atom is -0.369 e. The molecule has 0 aliphatic carbocycles. The normalized spacial score (nSPS) is 19.6. The molecular formula is C11H19N5S2. The highest BCUT2D eigenvalue weighted by molar-refractivity contribution is 8.06. The van der Waals surface area contributed by atoms with Crippen molar-refractivity contribution in [2.45, 2.75) is 19.1 Å². The molecule has 0 radical (unpaired) electrons. The largest absolute Gasteiger partial charge is 0.369 e. The molecule has 1 aromatic heterocycles. The van der Waals surface area contributed by atoms with Crippen LogP contribution in [0.3, 0.4) is 0 Å². The van der Waals surface area contributed by atoms with Gasteiger partial charge in [-0.2, -0.15) is 23.5 Å². The number of thioether (sulfide) groups is 2. The summed E-state index contributed by atoms with van der Waals surface area (Å²) in [4.78, 5) is 8.68. The van der Waals surface area contributed by atoms with Gasteiger partial charge in [0.25, 0.3) is 0 Å². The van der Waals surface area contributed by atoms with Crippen LogP contribution in [0, 0.1) is 13.8 Å². The summed E-state index contributed by atoms with van der Waals surface area (Å²) >= 11 is 4.06. The van der Waals surface area contributed by atoms with Crippen LogP contribution in [-0.2, 0) is 0 Å². The van der Waals surface area contributed by atoms with E-state index in [0.717, 1.165) is 23.8 Å². The van der Waals surface area contributed by atoms with Gasteiger partial charge in [0, 0.05) is 34.6 Å². The number of aromatic nitrogens is 2. The molecule has 2 rings (SSSR count). The molecular weight excluding hydrogens is 266 g/mol. The first kappa shape index (κ1) is 13.8. The highest BCUT2D eigenvalue weighted by Crippen LogP contribution is 2.25. The average molecular weight is 285 g/mol. The van der Waals surface area contributed by atoms with E-state index in [1.165, 1.54) is 17.3 Å². The first-order valence-corrected chi connectivity index (χ1v) is 8.16. The number of nitrogen functional groups attached to an aromatic ring is 1. The number of hydrazine groups is 1. The number of nitrogens with zero attached hydrogens (tertiary/aromatic N) is 2. The fourth-order valence-electron chi connectivity index (χ4n) is 1.81. The number of nitrogens with two attached hydrogens (primary N) is 1. The number of anilines is 2. The van der Waals surface area contributed by atoms with E-state index < -0.39 is 0 Å². The van der Waals surface area contributed by atoms with E-state index in [0.29, 0.717) is 11.1 Å². The van der Waals surface area contributed by atoms with E-state index in [1.54, 1.807) is 0 Å². The van der Waals surface area contributed by atoms with Crippen molar-refractivity contribution < 1.29 is 0 Å². The van der Waals surface area contributed by atoms with Crippen LogP contribution in [0.15, 0.2) is 0 Å². The van der Waals surface area contributed by atoms with Crippen molar-refractivity contribution in [1.82, 2.24) is 9.97 Å². The molecule has 1 aliphatic rings. The Morgan fingerprint density at radius 2 is 2.06 bits per heavy atom. The van der Waals surface area contributed by atoms with Crippen molar-refractivity contribution in [3.63, 3.8) is 0 Å². The van der Waals surface area contributed by atoms with Gasteiger partial charge in [0.15, 0.2) is 0 Å². The molecule has 0 bridgehead atoms. The highest BCUT2D eigenvalue weighted by Gasteiger charge is 2.15.